The molecule has 3 aliphatic rings. The normalized spacial score (nSPS) is 19.2. The topological polar surface area (TPSA) is 95.8 Å². The van der Waals surface area contributed by atoms with E-state index in [2.05, 4.69) is 26.2 Å². The van der Waals surface area contributed by atoms with Crippen LogP contribution in [-0.2, 0) is 31.3 Å². The van der Waals surface area contributed by atoms with Gasteiger partial charge in [0, 0.05) is 93.5 Å². The van der Waals surface area contributed by atoms with Crippen molar-refractivity contribution in [2.45, 2.75) is 67.8 Å². The number of rotatable bonds is 8. The number of β-amino-alcohol motifs (C(OH)–C–C–N with tert-alkyl or cyclic N) is 1. The van der Waals surface area contributed by atoms with E-state index in [1.54, 1.807) is 0 Å². The predicted octanol–water partition coefficient (Wildman–Crippen LogP) is 5.95. The molecule has 7 rings (SSSR count). The van der Waals surface area contributed by atoms with Gasteiger partial charge in [-0.2, -0.15) is 0 Å². The Morgan fingerprint density at radius 2 is 1.91 bits per heavy atom. The Balaban J connectivity index is 1.07. The van der Waals surface area contributed by atoms with E-state index in [1.165, 1.54) is 11.8 Å². The van der Waals surface area contributed by atoms with Crippen LogP contribution in [0.2, 0.25) is 5.02 Å². The molecule has 2 aromatic heterocycles. The summed E-state index contributed by atoms with van der Waals surface area (Å²) in [6, 6.07) is 16.6. The molecular weight excluding hydrogens is 632 g/mol. The lowest BCUT2D eigenvalue weighted by Gasteiger charge is -2.36. The molecule has 3 aliphatic heterocycles. The summed E-state index contributed by atoms with van der Waals surface area (Å²) in [5, 5.41) is 14.6. The lowest BCUT2D eigenvalue weighted by atomic mass is 9.99. The molecule has 0 saturated carbocycles. The summed E-state index contributed by atoms with van der Waals surface area (Å²) in [5.41, 5.74) is 6.81. The average Bonchev–Trinajstić information content (AvgIpc) is 3.65. The van der Waals surface area contributed by atoms with Gasteiger partial charge in [-0.1, -0.05) is 47.6 Å². The van der Waals surface area contributed by atoms with Crippen molar-refractivity contribution < 1.29 is 14.6 Å². The fourth-order valence-corrected chi connectivity index (χ4v) is 8.32. The van der Waals surface area contributed by atoms with Gasteiger partial charge in [-0.25, -0.2) is 9.97 Å². The number of pyridine rings is 1. The number of carbonyl (C=O) groups excluding carboxylic acids is 1. The number of likely N-dealkylation sites (tertiary alicyclic amines) is 1. The summed E-state index contributed by atoms with van der Waals surface area (Å²) < 4.78 is 7.52. The molecule has 0 bridgehead atoms. The summed E-state index contributed by atoms with van der Waals surface area (Å²) in [6.45, 7) is 7.77. The van der Waals surface area contributed by atoms with Crippen LogP contribution in [0.25, 0.3) is 11.1 Å². The summed E-state index contributed by atoms with van der Waals surface area (Å²) in [4.78, 5) is 28.7. The number of nitrogens with zero attached hydrogens (tertiary/aromatic N) is 5. The highest BCUT2D eigenvalue weighted by Gasteiger charge is 2.30. The van der Waals surface area contributed by atoms with Crippen molar-refractivity contribution in [1.29, 1.82) is 0 Å². The summed E-state index contributed by atoms with van der Waals surface area (Å²) in [7, 11) is 1.94. The minimum Gasteiger partial charge on any atom is -0.392 e. The minimum absolute atomic E-state index is 0.218. The van der Waals surface area contributed by atoms with Gasteiger partial charge in [-0.3, -0.25) is 14.6 Å². The van der Waals surface area contributed by atoms with E-state index in [-0.39, 0.29) is 12.0 Å². The number of anilines is 1. The number of ether oxygens (including phenoxy) is 1. The van der Waals surface area contributed by atoms with Crippen molar-refractivity contribution in [1.82, 2.24) is 24.3 Å². The van der Waals surface area contributed by atoms with E-state index < -0.39 is 0 Å². The van der Waals surface area contributed by atoms with Gasteiger partial charge in [0.25, 0.3) is 5.91 Å². The molecule has 0 spiro atoms. The van der Waals surface area contributed by atoms with Crippen molar-refractivity contribution >= 4 is 35.0 Å². The molecule has 0 aliphatic carbocycles. The Labute approximate surface area is 285 Å². The lowest BCUT2D eigenvalue weighted by molar-refractivity contribution is 0.0283. The molecule has 0 radical (unpaired) electrons. The van der Waals surface area contributed by atoms with Gasteiger partial charge in [0.05, 0.1) is 16.8 Å². The number of aromatic nitrogens is 3. The number of carbonyl (C=O) groups is 1. The van der Waals surface area contributed by atoms with E-state index in [0.717, 1.165) is 114 Å². The lowest BCUT2D eigenvalue weighted by Crippen LogP contribution is -2.42. The Morgan fingerprint density at radius 3 is 2.72 bits per heavy atom. The fraction of sp³-hybridized carbons (Fsp3) is 0.417. The third-order valence-corrected chi connectivity index (χ3v) is 11.2. The maximum atomic E-state index is 13.6. The van der Waals surface area contributed by atoms with Gasteiger partial charge in [0.2, 0.25) is 0 Å². The van der Waals surface area contributed by atoms with Crippen molar-refractivity contribution in [2.24, 2.45) is 7.05 Å². The second-order valence-electron chi connectivity index (χ2n) is 12.8. The highest BCUT2D eigenvalue weighted by molar-refractivity contribution is 7.99. The molecule has 11 heteroatoms. The first-order chi connectivity index (χ1) is 22.8. The number of imidazole rings is 1. The van der Waals surface area contributed by atoms with E-state index in [4.69, 9.17) is 21.3 Å². The standard InChI is InChI=1S/C36H41ClN6O3S/c1-23-27(28-6-4-8-32(34(28)37)47-33-19-24(9-14-38-33)20-42-15-10-26(44)21-42)5-3-7-29(23)40-36(45)35-39-30-22-43(16-11-31(30)41(35)2)25-12-17-46-18-13-25/h3-9,14,19,25-26,44H,10-13,15-18,20-22H2,1-2H3,(H,40,45)/t26-/m1/s1. The van der Waals surface area contributed by atoms with Crippen LogP contribution in [-0.4, -0.2) is 80.3 Å². The number of aliphatic hydroxyl groups excluding tert-OH is 1. The number of amides is 1. The van der Waals surface area contributed by atoms with Crippen LogP contribution in [0.3, 0.4) is 0 Å². The van der Waals surface area contributed by atoms with Gasteiger partial charge in [0.15, 0.2) is 5.82 Å². The molecule has 5 heterocycles. The third-order valence-electron chi connectivity index (χ3n) is 9.70. The van der Waals surface area contributed by atoms with Gasteiger partial charge >= 0.3 is 0 Å². The Hall–Kier alpha value is -3.25. The highest BCUT2D eigenvalue weighted by Crippen LogP contribution is 2.41. The van der Waals surface area contributed by atoms with Crippen LogP contribution in [0.5, 0.6) is 0 Å². The quantitative estimate of drug-likeness (QED) is 0.237. The molecule has 1 amide bonds. The van der Waals surface area contributed by atoms with Gasteiger partial charge in [-0.15, -0.1) is 0 Å². The summed E-state index contributed by atoms with van der Waals surface area (Å²) in [5.74, 6) is 0.213. The van der Waals surface area contributed by atoms with Gasteiger partial charge < -0.3 is 19.7 Å². The molecule has 1 atom stereocenters. The van der Waals surface area contributed by atoms with Crippen LogP contribution >= 0.6 is 23.4 Å². The highest BCUT2D eigenvalue weighted by atomic mass is 35.5. The molecule has 4 aromatic rings. The molecule has 2 fully saturated rings. The first-order valence-electron chi connectivity index (χ1n) is 16.4. The zero-order valence-electron chi connectivity index (χ0n) is 26.9. The Kier molecular flexibility index (Phi) is 9.68. The number of benzene rings is 2. The molecule has 0 unspecified atom stereocenters. The number of fused-ring (bicyclic) bond motifs is 1. The second kappa shape index (κ2) is 14.1. The fourth-order valence-electron chi connectivity index (χ4n) is 7.08. The second-order valence-corrected chi connectivity index (χ2v) is 14.2. The van der Waals surface area contributed by atoms with Crippen LogP contribution in [0.4, 0.5) is 5.69 Å². The molecule has 246 valence electrons. The van der Waals surface area contributed by atoms with Crippen molar-refractivity contribution in [3.8, 4) is 11.1 Å². The minimum atomic E-state index is -0.240. The van der Waals surface area contributed by atoms with Crippen molar-refractivity contribution in [2.75, 3.05) is 38.2 Å². The Bertz CT molecular complexity index is 1770. The van der Waals surface area contributed by atoms with Crippen LogP contribution in [0, 0.1) is 6.92 Å². The first kappa shape index (κ1) is 32.3. The zero-order valence-corrected chi connectivity index (χ0v) is 28.5. The van der Waals surface area contributed by atoms with E-state index in [0.29, 0.717) is 23.4 Å². The molecular formula is C36H41ClN6O3S. The van der Waals surface area contributed by atoms with Crippen molar-refractivity contribution in [3.05, 3.63) is 88.1 Å². The van der Waals surface area contributed by atoms with Crippen LogP contribution in [0.1, 0.15) is 52.4 Å². The maximum absolute atomic E-state index is 13.6. The summed E-state index contributed by atoms with van der Waals surface area (Å²) >= 11 is 8.60. The smallest absolute Gasteiger partial charge is 0.291 e. The largest absolute Gasteiger partial charge is 0.392 e. The number of halogens is 1. The van der Waals surface area contributed by atoms with Crippen LogP contribution in [0.15, 0.2) is 64.6 Å². The SMILES string of the molecule is Cc1c(NC(=O)c2nc3c(n2C)CCN(C2CCOCC2)C3)cccc1-c1cccc(Sc2cc(CN3CC[C@@H](O)C3)ccn2)c1Cl. The summed E-state index contributed by atoms with van der Waals surface area (Å²) in [6.07, 6.45) is 5.39. The molecule has 47 heavy (non-hydrogen) atoms. The zero-order chi connectivity index (χ0) is 32.5. The number of hydrogen-bond donors (Lipinski definition) is 2. The first-order valence-corrected chi connectivity index (χ1v) is 17.6. The Morgan fingerprint density at radius 1 is 1.11 bits per heavy atom. The van der Waals surface area contributed by atoms with E-state index in [9.17, 15) is 9.90 Å². The number of aliphatic hydroxyl groups is 1. The maximum Gasteiger partial charge on any atom is 0.291 e. The van der Waals surface area contributed by atoms with E-state index in [1.807, 2.05) is 67.2 Å². The average molecular weight is 673 g/mol. The monoisotopic (exact) mass is 672 g/mol. The number of nitrogens with one attached hydrogen (secondary N) is 1. The van der Waals surface area contributed by atoms with Crippen LogP contribution < -0.4 is 5.32 Å². The number of hydrogen-bond acceptors (Lipinski definition) is 8. The van der Waals surface area contributed by atoms with Crippen molar-refractivity contribution in [3.63, 3.8) is 0 Å². The third kappa shape index (κ3) is 6.99. The molecule has 2 N–H and O–H groups in total. The predicted molar refractivity (Wildman–Crippen MR) is 185 cm³/mol. The van der Waals surface area contributed by atoms with E-state index >= 15 is 0 Å². The van der Waals surface area contributed by atoms with Gasteiger partial charge in [0.1, 0.15) is 5.03 Å². The molecule has 9 nitrogen and oxygen atoms in total. The molecule has 2 aromatic carbocycles. The van der Waals surface area contributed by atoms with Gasteiger partial charge in [-0.05, 0) is 67.1 Å². The molecule has 2 saturated heterocycles.